The normalized spacial score (nSPS) is 21.0. The SMILES string of the molecule is CCNC(=NCC(C)(C)N1CCCC(C)C1)NC(C)CCS(C)(=O)=O.I. The number of sulfone groups is 1. The van der Waals surface area contributed by atoms with Crippen LogP contribution in [0.5, 0.6) is 0 Å². The van der Waals surface area contributed by atoms with Crippen molar-refractivity contribution < 1.29 is 8.42 Å². The van der Waals surface area contributed by atoms with Gasteiger partial charge in [-0.1, -0.05) is 6.92 Å². The van der Waals surface area contributed by atoms with E-state index in [4.69, 9.17) is 4.99 Å². The fourth-order valence-corrected chi connectivity index (χ4v) is 3.91. The lowest BCUT2D eigenvalue weighted by atomic mass is 9.94. The van der Waals surface area contributed by atoms with Crippen LogP contribution in [-0.2, 0) is 9.84 Å². The topological polar surface area (TPSA) is 73.8 Å². The summed E-state index contributed by atoms with van der Waals surface area (Å²) < 4.78 is 22.7. The van der Waals surface area contributed by atoms with Gasteiger partial charge < -0.3 is 10.6 Å². The first-order valence-corrected chi connectivity index (χ1v) is 11.6. The highest BCUT2D eigenvalue weighted by Gasteiger charge is 2.30. The fraction of sp³-hybridized carbons (Fsp3) is 0.944. The second-order valence-electron chi connectivity index (χ2n) is 8.16. The second kappa shape index (κ2) is 11.7. The van der Waals surface area contributed by atoms with E-state index in [1.165, 1.54) is 19.1 Å². The van der Waals surface area contributed by atoms with Crippen molar-refractivity contribution in [3.8, 4) is 0 Å². The highest BCUT2D eigenvalue weighted by atomic mass is 127. The smallest absolute Gasteiger partial charge is 0.191 e. The van der Waals surface area contributed by atoms with Gasteiger partial charge in [0.15, 0.2) is 5.96 Å². The van der Waals surface area contributed by atoms with Crippen LogP contribution in [0, 0.1) is 5.92 Å². The summed E-state index contributed by atoms with van der Waals surface area (Å²) in [6.07, 6.45) is 4.43. The van der Waals surface area contributed by atoms with Gasteiger partial charge in [0.25, 0.3) is 0 Å². The number of guanidine groups is 1. The van der Waals surface area contributed by atoms with Crippen LogP contribution in [0.4, 0.5) is 0 Å². The first-order chi connectivity index (χ1) is 11.5. The summed E-state index contributed by atoms with van der Waals surface area (Å²) in [4.78, 5) is 7.32. The van der Waals surface area contributed by atoms with E-state index >= 15 is 0 Å². The van der Waals surface area contributed by atoms with Crippen molar-refractivity contribution in [1.29, 1.82) is 0 Å². The molecule has 1 saturated heterocycles. The lowest BCUT2D eigenvalue weighted by Crippen LogP contribution is -2.51. The average molecular weight is 503 g/mol. The zero-order chi connectivity index (χ0) is 19.1. The Morgan fingerprint density at radius 2 is 2.04 bits per heavy atom. The van der Waals surface area contributed by atoms with Crippen LogP contribution in [0.3, 0.4) is 0 Å². The number of nitrogens with one attached hydrogen (secondary N) is 2. The maximum Gasteiger partial charge on any atom is 0.191 e. The van der Waals surface area contributed by atoms with Gasteiger partial charge in [0, 0.05) is 30.9 Å². The van der Waals surface area contributed by atoms with Crippen molar-refractivity contribution >= 4 is 39.8 Å². The van der Waals surface area contributed by atoms with E-state index < -0.39 is 9.84 Å². The summed E-state index contributed by atoms with van der Waals surface area (Å²) in [6, 6.07) is 0.0608. The zero-order valence-electron chi connectivity index (χ0n) is 17.3. The Morgan fingerprint density at radius 1 is 1.38 bits per heavy atom. The molecule has 0 aromatic carbocycles. The predicted octanol–water partition coefficient (Wildman–Crippen LogP) is 2.49. The average Bonchev–Trinajstić information content (AvgIpc) is 2.50. The van der Waals surface area contributed by atoms with Crippen LogP contribution >= 0.6 is 24.0 Å². The first-order valence-electron chi connectivity index (χ1n) is 9.51. The Bertz CT molecular complexity index is 537. The van der Waals surface area contributed by atoms with Crippen molar-refractivity contribution in [2.24, 2.45) is 10.9 Å². The maximum atomic E-state index is 11.3. The fourth-order valence-electron chi connectivity index (χ4n) is 3.13. The third-order valence-corrected chi connectivity index (χ3v) is 5.76. The molecule has 0 bridgehead atoms. The Hall–Kier alpha value is -0.0900. The third kappa shape index (κ3) is 10.3. The van der Waals surface area contributed by atoms with Gasteiger partial charge in [0.05, 0.1) is 12.3 Å². The summed E-state index contributed by atoms with van der Waals surface area (Å²) in [5.41, 5.74) is 0.0209. The van der Waals surface area contributed by atoms with Gasteiger partial charge in [-0.15, -0.1) is 24.0 Å². The van der Waals surface area contributed by atoms with Gasteiger partial charge in [-0.25, -0.2) is 8.42 Å². The lowest BCUT2D eigenvalue weighted by Gasteiger charge is -2.42. The van der Waals surface area contributed by atoms with Crippen LogP contribution in [0.15, 0.2) is 4.99 Å². The summed E-state index contributed by atoms with van der Waals surface area (Å²) in [5, 5.41) is 6.60. The number of aliphatic imine (C=N–C) groups is 1. The van der Waals surface area contributed by atoms with Crippen LogP contribution in [0.1, 0.15) is 53.9 Å². The predicted molar refractivity (Wildman–Crippen MR) is 122 cm³/mol. The van der Waals surface area contributed by atoms with E-state index in [9.17, 15) is 8.42 Å². The largest absolute Gasteiger partial charge is 0.357 e. The van der Waals surface area contributed by atoms with E-state index in [1.54, 1.807) is 0 Å². The maximum absolute atomic E-state index is 11.3. The number of rotatable bonds is 8. The molecule has 2 unspecified atom stereocenters. The first kappa shape index (κ1) is 25.9. The molecule has 1 heterocycles. The monoisotopic (exact) mass is 502 g/mol. The molecule has 1 aliphatic heterocycles. The van der Waals surface area contributed by atoms with Gasteiger partial charge in [-0.05, 0) is 59.4 Å². The minimum absolute atomic E-state index is 0. The number of hydrogen-bond acceptors (Lipinski definition) is 4. The molecular weight excluding hydrogens is 463 g/mol. The molecular formula is C18H39IN4O2S. The summed E-state index contributed by atoms with van der Waals surface area (Å²) in [6.45, 7) is 14.6. The molecule has 26 heavy (non-hydrogen) atoms. The van der Waals surface area contributed by atoms with Crippen molar-refractivity contribution in [2.45, 2.75) is 65.5 Å². The van der Waals surface area contributed by atoms with E-state index in [1.807, 2.05) is 13.8 Å². The minimum atomic E-state index is -2.93. The van der Waals surface area contributed by atoms with Crippen molar-refractivity contribution in [1.82, 2.24) is 15.5 Å². The van der Waals surface area contributed by atoms with Crippen LogP contribution in [-0.4, -0.2) is 69.0 Å². The molecule has 0 spiro atoms. The van der Waals surface area contributed by atoms with Crippen molar-refractivity contribution in [3.05, 3.63) is 0 Å². The van der Waals surface area contributed by atoms with Crippen LogP contribution in [0.25, 0.3) is 0 Å². The zero-order valence-corrected chi connectivity index (χ0v) is 20.5. The van der Waals surface area contributed by atoms with Gasteiger partial charge in [0.1, 0.15) is 9.84 Å². The molecule has 156 valence electrons. The summed E-state index contributed by atoms with van der Waals surface area (Å²) in [5.74, 6) is 1.71. The number of likely N-dealkylation sites (tertiary alicyclic amines) is 1. The van der Waals surface area contributed by atoms with Crippen molar-refractivity contribution in [3.63, 3.8) is 0 Å². The molecule has 0 saturated carbocycles. The molecule has 2 N–H and O–H groups in total. The quantitative estimate of drug-likeness (QED) is 0.303. The molecule has 2 atom stereocenters. The molecule has 0 aromatic rings. The Balaban J connectivity index is 0.00000625. The highest BCUT2D eigenvalue weighted by molar-refractivity contribution is 14.0. The Labute approximate surface area is 177 Å². The molecule has 0 amide bonds. The van der Waals surface area contributed by atoms with Gasteiger partial charge in [0.2, 0.25) is 0 Å². The van der Waals surface area contributed by atoms with E-state index in [0.29, 0.717) is 13.0 Å². The molecule has 0 aliphatic carbocycles. The standard InChI is InChI=1S/C18H38N4O2S.HI/c1-7-19-17(21-16(3)10-12-25(6,23)24)20-14-18(4,5)22-11-8-9-15(2)13-22;/h15-16H,7-14H2,1-6H3,(H2,19,20,21);1H. The molecule has 1 fully saturated rings. The van der Waals surface area contributed by atoms with E-state index in [0.717, 1.165) is 31.5 Å². The number of halogens is 1. The van der Waals surface area contributed by atoms with Crippen LogP contribution in [0.2, 0.25) is 0 Å². The Kier molecular flexibility index (Phi) is 11.6. The van der Waals surface area contributed by atoms with Crippen LogP contribution < -0.4 is 10.6 Å². The second-order valence-corrected chi connectivity index (χ2v) is 10.4. The Morgan fingerprint density at radius 3 is 2.58 bits per heavy atom. The highest BCUT2D eigenvalue weighted by Crippen LogP contribution is 2.24. The number of hydrogen-bond donors (Lipinski definition) is 2. The number of piperidine rings is 1. The summed E-state index contributed by atoms with van der Waals surface area (Å²) >= 11 is 0. The van der Waals surface area contributed by atoms with E-state index in [2.05, 4.69) is 36.3 Å². The number of nitrogens with zero attached hydrogens (tertiary/aromatic N) is 2. The summed E-state index contributed by atoms with van der Waals surface area (Å²) in [7, 11) is -2.93. The molecule has 0 radical (unpaired) electrons. The third-order valence-electron chi connectivity index (χ3n) is 4.79. The molecule has 1 aliphatic rings. The molecule has 6 nitrogen and oxygen atoms in total. The minimum Gasteiger partial charge on any atom is -0.357 e. The molecule has 1 rings (SSSR count). The van der Waals surface area contributed by atoms with Crippen molar-refractivity contribution in [2.75, 3.05) is 38.2 Å². The van der Waals surface area contributed by atoms with E-state index in [-0.39, 0.29) is 41.3 Å². The molecule has 0 aromatic heterocycles. The molecule has 8 heteroatoms. The van der Waals surface area contributed by atoms with Gasteiger partial charge in [-0.3, -0.25) is 9.89 Å². The van der Waals surface area contributed by atoms with Gasteiger partial charge >= 0.3 is 0 Å². The van der Waals surface area contributed by atoms with Gasteiger partial charge in [-0.2, -0.15) is 0 Å². The lowest BCUT2D eigenvalue weighted by molar-refractivity contribution is 0.0774.